The summed E-state index contributed by atoms with van der Waals surface area (Å²) >= 11 is 0. The molecular weight excluding hydrogens is 247 g/mol. The van der Waals surface area contributed by atoms with Crippen LogP contribution in [0, 0.1) is 11.3 Å². The van der Waals surface area contributed by atoms with Gasteiger partial charge in [-0.3, -0.25) is 9.78 Å². The number of nitriles is 1. The number of esters is 1. The van der Waals surface area contributed by atoms with E-state index in [1.54, 1.807) is 24.4 Å². The van der Waals surface area contributed by atoms with Crippen LogP contribution in [0.1, 0.15) is 44.2 Å². The number of alkyl halides is 1. The smallest absolute Gasteiger partial charge is 0.308 e. The van der Waals surface area contributed by atoms with Crippen LogP contribution in [0.3, 0.4) is 0 Å². The molecule has 0 aliphatic rings. The Balaban J connectivity index is 2.42. The maximum Gasteiger partial charge on any atom is 0.308 e. The maximum atomic E-state index is 13.1. The highest BCUT2D eigenvalue weighted by molar-refractivity contribution is 5.69. The number of ether oxygens (including phenoxy) is 1. The molecule has 0 saturated heterocycles. The fraction of sp³-hybridized carbons (Fsp3) is 0.500. The molecule has 4 nitrogen and oxygen atoms in total. The van der Waals surface area contributed by atoms with E-state index in [2.05, 4.69) is 15.8 Å². The van der Waals surface area contributed by atoms with Crippen molar-refractivity contribution in [2.45, 2.75) is 44.9 Å². The minimum absolute atomic E-state index is 0.0128. The molecule has 2 unspecified atom stereocenters. The predicted molar refractivity (Wildman–Crippen MR) is 67.7 cm³/mol. The van der Waals surface area contributed by atoms with Crippen molar-refractivity contribution in [2.75, 3.05) is 0 Å². The first-order valence-electron chi connectivity index (χ1n) is 6.31. The van der Waals surface area contributed by atoms with Crippen LogP contribution in [0.2, 0.25) is 0 Å². The summed E-state index contributed by atoms with van der Waals surface area (Å²) in [6.45, 7) is 1.81. The Hall–Kier alpha value is -1.96. The molecule has 1 aromatic heterocycles. The Kier molecular flexibility index (Phi) is 6.51. The number of aromatic nitrogens is 1. The molecule has 102 valence electrons. The van der Waals surface area contributed by atoms with Crippen molar-refractivity contribution in [1.29, 1.82) is 5.26 Å². The van der Waals surface area contributed by atoms with Crippen LogP contribution in [0.15, 0.2) is 24.4 Å². The second-order valence-electron chi connectivity index (χ2n) is 4.16. The summed E-state index contributed by atoms with van der Waals surface area (Å²) in [5, 5.41) is 9.04. The van der Waals surface area contributed by atoms with Gasteiger partial charge in [0.15, 0.2) is 0 Å². The summed E-state index contributed by atoms with van der Waals surface area (Å²) in [5.74, 6) is -1.09. The molecule has 2 atom stereocenters. The molecule has 0 aliphatic heterocycles. The highest BCUT2D eigenvalue weighted by atomic mass is 19.1. The summed E-state index contributed by atoms with van der Waals surface area (Å²) in [7, 11) is 0. The Bertz CT molecular complexity index is 431. The van der Waals surface area contributed by atoms with Crippen LogP contribution in [0.5, 0.6) is 0 Å². The topological polar surface area (TPSA) is 63.0 Å². The third kappa shape index (κ3) is 5.47. The van der Waals surface area contributed by atoms with Crippen LogP contribution < -0.4 is 0 Å². The first kappa shape index (κ1) is 15.1. The molecule has 0 bridgehead atoms. The molecule has 19 heavy (non-hydrogen) atoms. The van der Waals surface area contributed by atoms with E-state index in [1.807, 2.05) is 6.92 Å². The zero-order valence-corrected chi connectivity index (χ0v) is 10.9. The van der Waals surface area contributed by atoms with E-state index in [9.17, 15) is 9.18 Å². The van der Waals surface area contributed by atoms with E-state index in [4.69, 9.17) is 5.26 Å². The van der Waals surface area contributed by atoms with Crippen molar-refractivity contribution in [2.24, 2.45) is 0 Å². The summed E-state index contributed by atoms with van der Waals surface area (Å²) in [6.07, 6.45) is 1.16. The van der Waals surface area contributed by atoms with E-state index in [0.717, 1.165) is 0 Å². The van der Waals surface area contributed by atoms with Crippen molar-refractivity contribution in [3.8, 4) is 6.07 Å². The molecule has 0 aromatic carbocycles. The Morgan fingerprint density at radius 3 is 2.89 bits per heavy atom. The van der Waals surface area contributed by atoms with E-state index >= 15 is 0 Å². The Labute approximate surface area is 112 Å². The van der Waals surface area contributed by atoms with E-state index in [-0.39, 0.29) is 19.3 Å². The number of hydrogen-bond acceptors (Lipinski definition) is 4. The van der Waals surface area contributed by atoms with Gasteiger partial charge < -0.3 is 4.74 Å². The Morgan fingerprint density at radius 1 is 1.53 bits per heavy atom. The first-order chi connectivity index (χ1) is 9.17. The van der Waals surface area contributed by atoms with Crippen molar-refractivity contribution < 1.29 is 13.9 Å². The molecular formula is C14H17FN2O2. The summed E-state index contributed by atoms with van der Waals surface area (Å²) in [4.78, 5) is 15.5. The molecule has 0 fully saturated rings. The number of pyridine rings is 1. The number of carbonyl (C=O) groups is 1. The normalized spacial score (nSPS) is 13.3. The molecule has 1 heterocycles. The number of rotatable bonds is 7. The fourth-order valence-electron chi connectivity index (χ4n) is 1.61. The standard InChI is InChI=1S/C14H17FN2O2/c1-2-5-13(15)19-14(18)8-7-11(10-16)12-6-3-4-9-17-12/h3-4,6,9,11,13H,2,5,7-8H2,1H3. The van der Waals surface area contributed by atoms with Gasteiger partial charge >= 0.3 is 5.97 Å². The van der Waals surface area contributed by atoms with E-state index in [0.29, 0.717) is 12.1 Å². The lowest BCUT2D eigenvalue weighted by molar-refractivity contribution is -0.158. The molecule has 0 radical (unpaired) electrons. The average Bonchev–Trinajstić information content (AvgIpc) is 2.41. The van der Waals surface area contributed by atoms with Crippen molar-refractivity contribution in [3.05, 3.63) is 30.1 Å². The van der Waals surface area contributed by atoms with Crippen LogP contribution in [-0.4, -0.2) is 17.3 Å². The summed E-state index contributed by atoms with van der Waals surface area (Å²) in [5.41, 5.74) is 0.614. The molecule has 0 spiro atoms. The van der Waals surface area contributed by atoms with Crippen molar-refractivity contribution in [1.82, 2.24) is 4.98 Å². The molecule has 0 amide bonds. The summed E-state index contributed by atoms with van der Waals surface area (Å²) < 4.78 is 17.6. The Morgan fingerprint density at radius 2 is 2.32 bits per heavy atom. The minimum Gasteiger partial charge on any atom is -0.431 e. The van der Waals surface area contributed by atoms with Gasteiger partial charge in [-0.15, -0.1) is 0 Å². The van der Waals surface area contributed by atoms with Crippen LogP contribution in [-0.2, 0) is 9.53 Å². The number of halogens is 1. The molecule has 0 N–H and O–H groups in total. The predicted octanol–water partition coefficient (Wildman–Crippen LogP) is 3.11. The molecule has 0 aliphatic carbocycles. The van der Waals surface area contributed by atoms with Gasteiger partial charge in [0.1, 0.15) is 0 Å². The largest absolute Gasteiger partial charge is 0.431 e. The lowest BCUT2D eigenvalue weighted by Crippen LogP contribution is -2.14. The molecule has 1 aromatic rings. The zero-order chi connectivity index (χ0) is 14.1. The molecule has 0 saturated carbocycles. The fourth-order valence-corrected chi connectivity index (χ4v) is 1.61. The molecule has 5 heteroatoms. The highest BCUT2D eigenvalue weighted by Gasteiger charge is 2.17. The third-order valence-electron chi connectivity index (χ3n) is 2.61. The third-order valence-corrected chi connectivity index (χ3v) is 2.61. The van der Waals surface area contributed by atoms with E-state index < -0.39 is 18.2 Å². The van der Waals surface area contributed by atoms with Gasteiger partial charge in [-0.1, -0.05) is 13.0 Å². The number of carbonyl (C=O) groups excluding carboxylic acids is 1. The van der Waals surface area contributed by atoms with Crippen LogP contribution in [0.4, 0.5) is 4.39 Å². The van der Waals surface area contributed by atoms with Gasteiger partial charge in [0.2, 0.25) is 6.36 Å². The SMILES string of the molecule is CCCC(F)OC(=O)CCC(C#N)c1ccccn1. The summed E-state index contributed by atoms with van der Waals surface area (Å²) in [6, 6.07) is 7.35. The minimum atomic E-state index is -1.55. The van der Waals surface area contributed by atoms with Gasteiger partial charge in [0, 0.05) is 19.0 Å². The van der Waals surface area contributed by atoms with Crippen LogP contribution in [0.25, 0.3) is 0 Å². The highest BCUT2D eigenvalue weighted by Crippen LogP contribution is 2.18. The van der Waals surface area contributed by atoms with Crippen molar-refractivity contribution in [3.63, 3.8) is 0 Å². The molecule has 1 rings (SSSR count). The van der Waals surface area contributed by atoms with Gasteiger partial charge in [0.05, 0.1) is 17.7 Å². The van der Waals surface area contributed by atoms with Crippen LogP contribution >= 0.6 is 0 Å². The monoisotopic (exact) mass is 264 g/mol. The maximum absolute atomic E-state index is 13.1. The average molecular weight is 264 g/mol. The quantitative estimate of drug-likeness (QED) is 0.710. The number of nitrogens with zero attached hydrogens (tertiary/aromatic N) is 2. The second-order valence-corrected chi connectivity index (χ2v) is 4.16. The number of hydrogen-bond donors (Lipinski definition) is 0. The van der Waals surface area contributed by atoms with Gasteiger partial charge in [-0.05, 0) is 25.0 Å². The van der Waals surface area contributed by atoms with E-state index in [1.165, 1.54) is 0 Å². The lowest BCUT2D eigenvalue weighted by atomic mass is 10.0. The lowest BCUT2D eigenvalue weighted by Gasteiger charge is -2.10. The first-order valence-corrected chi connectivity index (χ1v) is 6.31. The van der Waals surface area contributed by atoms with Gasteiger partial charge in [0.25, 0.3) is 0 Å². The van der Waals surface area contributed by atoms with Gasteiger partial charge in [-0.2, -0.15) is 5.26 Å². The van der Waals surface area contributed by atoms with Gasteiger partial charge in [-0.25, -0.2) is 4.39 Å². The second kappa shape index (κ2) is 8.20. The van der Waals surface area contributed by atoms with Crippen molar-refractivity contribution >= 4 is 5.97 Å². The zero-order valence-electron chi connectivity index (χ0n) is 10.9.